The van der Waals surface area contributed by atoms with Crippen LogP contribution in [0.3, 0.4) is 0 Å². The van der Waals surface area contributed by atoms with Gasteiger partial charge in [-0.3, -0.25) is 4.79 Å². The summed E-state index contributed by atoms with van der Waals surface area (Å²) in [6.07, 6.45) is 3.77. The largest absolute Gasteiger partial charge is 0.462 e. The minimum Gasteiger partial charge on any atom is -0.462 e. The van der Waals surface area contributed by atoms with E-state index in [1.165, 1.54) is 6.42 Å². The van der Waals surface area contributed by atoms with Gasteiger partial charge in [0.25, 0.3) is 0 Å². The fraction of sp³-hybridized carbons (Fsp3) is 0.929. The van der Waals surface area contributed by atoms with Crippen molar-refractivity contribution in [2.45, 2.75) is 51.7 Å². The summed E-state index contributed by atoms with van der Waals surface area (Å²) in [6.45, 7) is 6.81. The number of carbonyl (C=O) groups excluding carboxylic acids is 1. The lowest BCUT2D eigenvalue weighted by Crippen LogP contribution is -2.40. The predicted molar refractivity (Wildman–Crippen MR) is 69.3 cm³/mol. The summed E-state index contributed by atoms with van der Waals surface area (Å²) in [6, 6.07) is 0. The Kier molecular flexibility index (Phi) is 5.01. The lowest BCUT2D eigenvalue weighted by atomic mass is 9.82. The van der Waals surface area contributed by atoms with E-state index in [0.29, 0.717) is 24.9 Å². The van der Waals surface area contributed by atoms with Crippen LogP contribution in [-0.4, -0.2) is 37.9 Å². The molecule has 2 rings (SSSR count). The van der Waals surface area contributed by atoms with E-state index in [4.69, 9.17) is 9.47 Å². The zero-order chi connectivity index (χ0) is 13.0. The summed E-state index contributed by atoms with van der Waals surface area (Å²) in [5.74, 6) is 1.23. The second-order valence-corrected chi connectivity index (χ2v) is 5.93. The first-order valence-electron chi connectivity index (χ1n) is 7.15. The van der Waals surface area contributed by atoms with Crippen molar-refractivity contribution in [3.8, 4) is 0 Å². The Hall–Kier alpha value is -0.610. The molecule has 1 heterocycles. The topological polar surface area (TPSA) is 47.6 Å². The van der Waals surface area contributed by atoms with Crippen molar-refractivity contribution in [2.24, 2.45) is 11.8 Å². The highest BCUT2D eigenvalue weighted by atomic mass is 16.5. The summed E-state index contributed by atoms with van der Waals surface area (Å²) in [5.41, 5.74) is 0. The third-order valence-electron chi connectivity index (χ3n) is 3.83. The first-order chi connectivity index (χ1) is 8.63. The Bertz CT molecular complexity index is 266. The number of rotatable bonds is 3. The van der Waals surface area contributed by atoms with E-state index in [1.807, 2.05) is 0 Å². The molecule has 2 aliphatic rings. The third kappa shape index (κ3) is 4.25. The van der Waals surface area contributed by atoms with Crippen molar-refractivity contribution in [1.82, 2.24) is 5.32 Å². The molecule has 0 aromatic rings. The fourth-order valence-corrected chi connectivity index (χ4v) is 3.14. The van der Waals surface area contributed by atoms with Crippen molar-refractivity contribution in [3.05, 3.63) is 0 Å². The van der Waals surface area contributed by atoms with Gasteiger partial charge in [0.05, 0.1) is 19.1 Å². The molecule has 1 N–H and O–H groups in total. The summed E-state index contributed by atoms with van der Waals surface area (Å²) in [4.78, 5) is 11.9. The number of carbonyl (C=O) groups is 1. The minimum absolute atomic E-state index is 0.00955. The molecule has 2 fully saturated rings. The summed E-state index contributed by atoms with van der Waals surface area (Å²) in [7, 11) is 0. The van der Waals surface area contributed by atoms with Crippen LogP contribution in [0.5, 0.6) is 0 Å². The minimum atomic E-state index is -0.102. The van der Waals surface area contributed by atoms with Crippen LogP contribution in [0, 0.1) is 11.8 Å². The molecule has 0 spiro atoms. The monoisotopic (exact) mass is 255 g/mol. The van der Waals surface area contributed by atoms with Crippen LogP contribution in [0.15, 0.2) is 0 Å². The van der Waals surface area contributed by atoms with E-state index < -0.39 is 0 Å². The molecule has 0 amide bonds. The highest BCUT2D eigenvalue weighted by Crippen LogP contribution is 2.30. The van der Waals surface area contributed by atoms with Gasteiger partial charge in [0.1, 0.15) is 6.10 Å². The van der Waals surface area contributed by atoms with Crippen LogP contribution >= 0.6 is 0 Å². The Balaban J connectivity index is 1.72. The maximum Gasteiger partial charge on any atom is 0.308 e. The summed E-state index contributed by atoms with van der Waals surface area (Å²) in [5, 5.41) is 3.23. The van der Waals surface area contributed by atoms with Crippen LogP contribution in [0.4, 0.5) is 0 Å². The molecular formula is C14H25NO3. The van der Waals surface area contributed by atoms with Gasteiger partial charge in [0.2, 0.25) is 0 Å². The van der Waals surface area contributed by atoms with Gasteiger partial charge in [-0.2, -0.15) is 0 Å². The Labute approximate surface area is 109 Å². The molecule has 0 aromatic carbocycles. The molecule has 1 saturated heterocycles. The summed E-state index contributed by atoms with van der Waals surface area (Å²) >= 11 is 0. The number of esters is 1. The third-order valence-corrected chi connectivity index (χ3v) is 3.83. The lowest BCUT2D eigenvalue weighted by molar-refractivity contribution is -0.155. The molecule has 1 aliphatic heterocycles. The molecule has 0 aromatic heterocycles. The van der Waals surface area contributed by atoms with Crippen LogP contribution in [0.25, 0.3) is 0 Å². The molecule has 3 unspecified atom stereocenters. The second kappa shape index (κ2) is 6.53. The van der Waals surface area contributed by atoms with Crippen molar-refractivity contribution < 1.29 is 14.3 Å². The van der Waals surface area contributed by atoms with E-state index in [0.717, 1.165) is 25.9 Å². The zero-order valence-electron chi connectivity index (χ0n) is 11.5. The normalized spacial score (nSPS) is 37.2. The van der Waals surface area contributed by atoms with Crippen LogP contribution < -0.4 is 5.32 Å². The Morgan fingerprint density at radius 2 is 2.00 bits per heavy atom. The van der Waals surface area contributed by atoms with Crippen LogP contribution in [0.2, 0.25) is 0 Å². The average molecular weight is 255 g/mol. The molecule has 104 valence electrons. The number of morpholine rings is 1. The van der Waals surface area contributed by atoms with Gasteiger partial charge in [0.15, 0.2) is 0 Å². The van der Waals surface area contributed by atoms with Gasteiger partial charge in [-0.1, -0.05) is 13.8 Å². The van der Waals surface area contributed by atoms with Crippen LogP contribution in [0.1, 0.15) is 39.5 Å². The van der Waals surface area contributed by atoms with E-state index >= 15 is 0 Å². The van der Waals surface area contributed by atoms with Crippen LogP contribution in [-0.2, 0) is 14.3 Å². The van der Waals surface area contributed by atoms with Gasteiger partial charge in [-0.25, -0.2) is 0 Å². The number of ether oxygens (including phenoxy) is 2. The highest BCUT2D eigenvalue weighted by Gasteiger charge is 2.27. The Morgan fingerprint density at radius 3 is 2.61 bits per heavy atom. The molecular weight excluding hydrogens is 230 g/mol. The zero-order valence-corrected chi connectivity index (χ0v) is 11.5. The number of nitrogens with one attached hydrogen (secondary N) is 1. The predicted octanol–water partition coefficient (Wildman–Crippen LogP) is 1.73. The number of hydrogen-bond acceptors (Lipinski definition) is 4. The van der Waals surface area contributed by atoms with Gasteiger partial charge < -0.3 is 14.8 Å². The van der Waals surface area contributed by atoms with Gasteiger partial charge in [0, 0.05) is 13.1 Å². The molecule has 0 bridgehead atoms. The maximum atomic E-state index is 11.9. The SMILES string of the molecule is CC1CC(C)CC(OC(=O)CC2CNCCO2)C1. The first kappa shape index (κ1) is 13.8. The van der Waals surface area contributed by atoms with Crippen molar-refractivity contribution in [1.29, 1.82) is 0 Å². The smallest absolute Gasteiger partial charge is 0.308 e. The summed E-state index contributed by atoms with van der Waals surface area (Å²) < 4.78 is 11.1. The molecule has 18 heavy (non-hydrogen) atoms. The molecule has 4 nitrogen and oxygen atoms in total. The first-order valence-corrected chi connectivity index (χ1v) is 7.15. The van der Waals surface area contributed by atoms with E-state index in [1.54, 1.807) is 0 Å². The van der Waals surface area contributed by atoms with Crippen molar-refractivity contribution in [3.63, 3.8) is 0 Å². The van der Waals surface area contributed by atoms with Crippen molar-refractivity contribution in [2.75, 3.05) is 19.7 Å². The van der Waals surface area contributed by atoms with E-state index in [-0.39, 0.29) is 18.2 Å². The maximum absolute atomic E-state index is 11.9. The van der Waals surface area contributed by atoms with Gasteiger partial charge in [-0.05, 0) is 31.1 Å². The molecule has 1 saturated carbocycles. The molecule has 0 radical (unpaired) electrons. The van der Waals surface area contributed by atoms with Crippen molar-refractivity contribution >= 4 is 5.97 Å². The lowest BCUT2D eigenvalue weighted by Gasteiger charge is -2.31. The molecule has 1 aliphatic carbocycles. The highest BCUT2D eigenvalue weighted by molar-refractivity contribution is 5.70. The second-order valence-electron chi connectivity index (χ2n) is 5.93. The van der Waals surface area contributed by atoms with E-state index in [9.17, 15) is 4.79 Å². The van der Waals surface area contributed by atoms with Gasteiger partial charge in [-0.15, -0.1) is 0 Å². The Morgan fingerprint density at radius 1 is 1.28 bits per heavy atom. The number of hydrogen-bond donors (Lipinski definition) is 1. The average Bonchev–Trinajstić information content (AvgIpc) is 2.28. The quantitative estimate of drug-likeness (QED) is 0.780. The fourth-order valence-electron chi connectivity index (χ4n) is 3.14. The van der Waals surface area contributed by atoms with E-state index in [2.05, 4.69) is 19.2 Å². The molecule has 3 atom stereocenters. The standard InChI is InChI=1S/C14H25NO3/c1-10-5-11(2)7-12(6-10)18-14(16)8-13-9-15-3-4-17-13/h10-13,15H,3-9H2,1-2H3. The molecule has 4 heteroatoms. The van der Waals surface area contributed by atoms with Gasteiger partial charge >= 0.3 is 5.97 Å².